The number of nitrogens with zero attached hydrogens (tertiary/aromatic N) is 3. The summed E-state index contributed by atoms with van der Waals surface area (Å²) in [7, 11) is 0. The molecule has 0 unspecified atom stereocenters. The van der Waals surface area contributed by atoms with Gasteiger partial charge in [0.05, 0.1) is 0 Å². The number of carbonyl (C=O) groups is 1. The van der Waals surface area contributed by atoms with E-state index >= 15 is 0 Å². The van der Waals surface area contributed by atoms with Crippen LogP contribution in [-0.4, -0.2) is 21.9 Å². The quantitative estimate of drug-likeness (QED) is 0.473. The summed E-state index contributed by atoms with van der Waals surface area (Å²) in [6, 6.07) is 7.55. The minimum atomic E-state index is -0.340. The van der Waals surface area contributed by atoms with Gasteiger partial charge in [-0.2, -0.15) is 5.26 Å². The molecule has 0 atom stereocenters. The molecule has 1 fully saturated rings. The third-order valence-corrected chi connectivity index (χ3v) is 5.13. The van der Waals surface area contributed by atoms with E-state index in [2.05, 4.69) is 15.3 Å². The van der Waals surface area contributed by atoms with Gasteiger partial charge in [0.15, 0.2) is 10.2 Å². The maximum absolute atomic E-state index is 12.4. The monoisotopic (exact) mass is 382 g/mol. The van der Waals surface area contributed by atoms with Gasteiger partial charge in [0.2, 0.25) is 0 Å². The number of rotatable bonds is 5. The molecule has 0 spiro atoms. The zero-order valence-electron chi connectivity index (χ0n) is 15.5. The van der Waals surface area contributed by atoms with Crippen LogP contribution in [0.25, 0.3) is 6.08 Å². The van der Waals surface area contributed by atoms with Crippen molar-refractivity contribution in [3.8, 4) is 6.07 Å². The van der Waals surface area contributed by atoms with E-state index in [1.807, 2.05) is 26.0 Å². The van der Waals surface area contributed by atoms with Gasteiger partial charge in [-0.25, -0.2) is 9.97 Å². The molecule has 27 heavy (non-hydrogen) atoms. The van der Waals surface area contributed by atoms with Crippen molar-refractivity contribution in [2.45, 2.75) is 62.2 Å². The molecule has 1 amide bonds. The first kappa shape index (κ1) is 19.2. The molecule has 6 nitrogen and oxygen atoms in total. The molecule has 1 N–H and O–H groups in total. The Morgan fingerprint density at radius 3 is 2.63 bits per heavy atom. The van der Waals surface area contributed by atoms with Crippen LogP contribution in [0.1, 0.15) is 49.3 Å². The zero-order valence-corrected chi connectivity index (χ0v) is 16.3. The molecule has 1 aliphatic carbocycles. The van der Waals surface area contributed by atoms with Crippen LogP contribution in [0, 0.1) is 25.2 Å². The number of aromatic nitrogens is 2. The Labute approximate surface area is 163 Å². The highest BCUT2D eigenvalue weighted by atomic mass is 32.2. The predicted octanol–water partition coefficient (Wildman–Crippen LogP) is 4.19. The van der Waals surface area contributed by atoms with Crippen LogP contribution < -0.4 is 5.32 Å². The molecule has 2 aromatic heterocycles. The lowest BCUT2D eigenvalue weighted by atomic mass is 9.95. The summed E-state index contributed by atoms with van der Waals surface area (Å²) in [6.45, 7) is 3.83. The van der Waals surface area contributed by atoms with Crippen molar-refractivity contribution in [1.82, 2.24) is 15.3 Å². The number of nitriles is 1. The fourth-order valence-corrected chi connectivity index (χ4v) is 3.93. The van der Waals surface area contributed by atoms with Gasteiger partial charge in [0, 0.05) is 23.5 Å². The van der Waals surface area contributed by atoms with E-state index in [4.69, 9.17) is 4.42 Å². The van der Waals surface area contributed by atoms with Gasteiger partial charge in [-0.05, 0) is 56.7 Å². The Morgan fingerprint density at radius 1 is 1.26 bits per heavy atom. The van der Waals surface area contributed by atoms with E-state index in [9.17, 15) is 10.1 Å². The number of furan rings is 1. The van der Waals surface area contributed by atoms with Crippen molar-refractivity contribution in [2.24, 2.45) is 0 Å². The fourth-order valence-electron chi connectivity index (χ4n) is 3.10. The van der Waals surface area contributed by atoms with Crippen LogP contribution in [0.5, 0.6) is 0 Å². The summed E-state index contributed by atoms with van der Waals surface area (Å²) < 4.78 is 5.72. The standard InChI is InChI=1S/C20H22N4O2S/c1-13-10-14(2)23-20(22-13)27-18-9-8-17(26-18)11-15(12-21)19(25)24-16-6-4-3-5-7-16/h8-11,16H,3-7H2,1-2H3,(H,24,25)/b15-11-. The second kappa shape index (κ2) is 8.87. The molecule has 1 aliphatic rings. The molecule has 2 aromatic rings. The number of carbonyl (C=O) groups excluding carboxylic acids is 1. The zero-order chi connectivity index (χ0) is 19.2. The first-order chi connectivity index (χ1) is 13.0. The van der Waals surface area contributed by atoms with Crippen LogP contribution in [-0.2, 0) is 4.79 Å². The van der Waals surface area contributed by atoms with E-state index in [-0.39, 0.29) is 17.5 Å². The van der Waals surface area contributed by atoms with Crippen molar-refractivity contribution in [2.75, 3.05) is 0 Å². The third kappa shape index (κ3) is 5.44. The Bertz CT molecular complexity index is 871. The van der Waals surface area contributed by atoms with Crippen LogP contribution in [0.2, 0.25) is 0 Å². The minimum Gasteiger partial charge on any atom is -0.450 e. The minimum absolute atomic E-state index is 0.0501. The van der Waals surface area contributed by atoms with E-state index in [0.717, 1.165) is 37.1 Å². The highest BCUT2D eigenvalue weighted by Gasteiger charge is 2.18. The summed E-state index contributed by atoms with van der Waals surface area (Å²) >= 11 is 1.31. The number of aryl methyl sites for hydroxylation is 2. The van der Waals surface area contributed by atoms with Gasteiger partial charge in [-0.1, -0.05) is 19.3 Å². The maximum Gasteiger partial charge on any atom is 0.262 e. The first-order valence-corrected chi connectivity index (χ1v) is 9.88. The molecule has 0 radical (unpaired) electrons. The summed E-state index contributed by atoms with van der Waals surface area (Å²) in [5.74, 6) is 0.116. The van der Waals surface area contributed by atoms with Gasteiger partial charge < -0.3 is 9.73 Å². The molecule has 7 heteroatoms. The average Bonchev–Trinajstić information content (AvgIpc) is 3.06. The lowest BCUT2D eigenvalue weighted by Crippen LogP contribution is -2.36. The molecule has 1 saturated carbocycles. The molecular weight excluding hydrogens is 360 g/mol. The molecule has 0 saturated heterocycles. The molecular formula is C20H22N4O2S. The number of amides is 1. The van der Waals surface area contributed by atoms with Crippen molar-refractivity contribution in [3.05, 3.63) is 40.9 Å². The molecule has 0 aliphatic heterocycles. The summed E-state index contributed by atoms with van der Waals surface area (Å²) in [5, 5.41) is 13.5. The van der Waals surface area contributed by atoms with E-state index in [0.29, 0.717) is 16.0 Å². The largest absolute Gasteiger partial charge is 0.450 e. The average molecular weight is 382 g/mol. The molecule has 0 aromatic carbocycles. The van der Waals surface area contributed by atoms with Crippen LogP contribution >= 0.6 is 11.8 Å². The summed E-state index contributed by atoms with van der Waals surface area (Å²) in [4.78, 5) is 21.1. The molecule has 2 heterocycles. The fraction of sp³-hybridized carbons (Fsp3) is 0.400. The lowest BCUT2D eigenvalue weighted by Gasteiger charge is -2.22. The van der Waals surface area contributed by atoms with Gasteiger partial charge in [0.25, 0.3) is 5.91 Å². The Kier molecular flexibility index (Phi) is 6.30. The van der Waals surface area contributed by atoms with Crippen molar-refractivity contribution < 1.29 is 9.21 Å². The molecule has 3 rings (SSSR count). The number of hydrogen-bond donors (Lipinski definition) is 1. The Balaban J connectivity index is 1.68. The molecule has 0 bridgehead atoms. The Morgan fingerprint density at radius 2 is 1.96 bits per heavy atom. The van der Waals surface area contributed by atoms with Gasteiger partial charge in [0.1, 0.15) is 17.4 Å². The van der Waals surface area contributed by atoms with Gasteiger partial charge in [-0.15, -0.1) is 0 Å². The maximum atomic E-state index is 12.4. The predicted molar refractivity (Wildman–Crippen MR) is 103 cm³/mol. The normalized spacial score (nSPS) is 15.4. The molecule has 140 valence electrons. The summed E-state index contributed by atoms with van der Waals surface area (Å²) in [5.41, 5.74) is 1.83. The van der Waals surface area contributed by atoms with E-state index in [1.54, 1.807) is 12.1 Å². The first-order valence-electron chi connectivity index (χ1n) is 9.06. The lowest BCUT2D eigenvalue weighted by molar-refractivity contribution is -0.117. The second-order valence-corrected chi connectivity index (χ2v) is 7.64. The second-order valence-electron chi connectivity index (χ2n) is 6.67. The SMILES string of the molecule is Cc1cc(C)nc(Sc2ccc(/C=C(/C#N)C(=O)NC3CCCCC3)o2)n1. The van der Waals surface area contributed by atoms with Crippen LogP contribution in [0.4, 0.5) is 0 Å². The van der Waals surface area contributed by atoms with Crippen LogP contribution in [0.15, 0.2) is 38.4 Å². The third-order valence-electron chi connectivity index (χ3n) is 4.35. The van der Waals surface area contributed by atoms with Crippen LogP contribution in [0.3, 0.4) is 0 Å². The van der Waals surface area contributed by atoms with Crippen molar-refractivity contribution >= 4 is 23.7 Å². The topological polar surface area (TPSA) is 91.8 Å². The highest BCUT2D eigenvalue weighted by Crippen LogP contribution is 2.28. The van der Waals surface area contributed by atoms with Crippen molar-refractivity contribution in [3.63, 3.8) is 0 Å². The van der Waals surface area contributed by atoms with E-state index < -0.39 is 0 Å². The van der Waals surface area contributed by atoms with E-state index in [1.165, 1.54) is 24.3 Å². The van der Waals surface area contributed by atoms with Gasteiger partial charge >= 0.3 is 0 Å². The van der Waals surface area contributed by atoms with Crippen molar-refractivity contribution in [1.29, 1.82) is 5.26 Å². The van der Waals surface area contributed by atoms with Gasteiger partial charge in [-0.3, -0.25) is 4.79 Å². The Hall–Kier alpha value is -2.59. The smallest absolute Gasteiger partial charge is 0.262 e. The summed E-state index contributed by atoms with van der Waals surface area (Å²) in [6.07, 6.45) is 6.88. The number of nitrogens with one attached hydrogen (secondary N) is 1. The highest BCUT2D eigenvalue weighted by molar-refractivity contribution is 7.99. The number of hydrogen-bond acceptors (Lipinski definition) is 6.